The van der Waals surface area contributed by atoms with Crippen molar-refractivity contribution in [1.29, 1.82) is 0 Å². The van der Waals surface area contributed by atoms with Crippen LogP contribution in [0, 0.1) is 0 Å². The Hall–Kier alpha value is -1.50. The van der Waals surface area contributed by atoms with E-state index in [9.17, 15) is 8.42 Å². The molecule has 0 heterocycles. The average Bonchev–Trinajstić information content (AvgIpc) is 2.46. The summed E-state index contributed by atoms with van der Waals surface area (Å²) in [5.74, 6) is 0. The first-order chi connectivity index (χ1) is 9.95. The lowest BCUT2D eigenvalue weighted by Crippen LogP contribution is -2.43. The number of fused-ring (bicyclic) bond motifs is 1. The Morgan fingerprint density at radius 1 is 1.24 bits per heavy atom. The number of hydrogen-bond acceptors (Lipinski definition) is 3. The molecule has 0 aliphatic carbocycles. The van der Waals surface area contributed by atoms with Crippen LogP contribution in [0.15, 0.2) is 47.4 Å². The standard InChI is InChI=1S/C15H18N2O2S2/c1-2-6-13(15(16)20)17-21(18,19)14-10-5-8-11-7-3-4-9-12(11)14/h3-5,7-10,13,17H,2,6H2,1H3,(H2,16,20). The molecule has 0 aliphatic rings. The van der Waals surface area contributed by atoms with Gasteiger partial charge in [-0.05, 0) is 17.9 Å². The van der Waals surface area contributed by atoms with Gasteiger partial charge in [-0.1, -0.05) is 62.0 Å². The van der Waals surface area contributed by atoms with E-state index in [-0.39, 0.29) is 9.88 Å². The maximum atomic E-state index is 12.6. The van der Waals surface area contributed by atoms with E-state index in [1.165, 1.54) is 0 Å². The number of sulfonamides is 1. The van der Waals surface area contributed by atoms with Crippen molar-refractivity contribution in [3.05, 3.63) is 42.5 Å². The molecule has 0 fully saturated rings. The van der Waals surface area contributed by atoms with E-state index < -0.39 is 16.1 Å². The number of thiocarbonyl (C=S) groups is 1. The Labute approximate surface area is 130 Å². The van der Waals surface area contributed by atoms with Crippen molar-refractivity contribution in [2.75, 3.05) is 0 Å². The molecule has 2 aromatic carbocycles. The van der Waals surface area contributed by atoms with Crippen molar-refractivity contribution < 1.29 is 8.42 Å². The van der Waals surface area contributed by atoms with Crippen LogP contribution in [0.2, 0.25) is 0 Å². The van der Waals surface area contributed by atoms with Crippen LogP contribution in [0.25, 0.3) is 10.8 Å². The molecule has 1 unspecified atom stereocenters. The molecule has 6 heteroatoms. The van der Waals surface area contributed by atoms with E-state index in [1.807, 2.05) is 31.2 Å². The van der Waals surface area contributed by atoms with Crippen LogP contribution >= 0.6 is 12.2 Å². The Kier molecular flexibility index (Phi) is 4.92. The van der Waals surface area contributed by atoms with Crippen molar-refractivity contribution >= 4 is 38.0 Å². The predicted octanol–water partition coefficient (Wildman–Crippen LogP) is 2.57. The molecule has 3 N–H and O–H groups in total. The molecule has 0 spiro atoms. The quantitative estimate of drug-likeness (QED) is 0.802. The number of rotatable bonds is 6. The summed E-state index contributed by atoms with van der Waals surface area (Å²) < 4.78 is 27.8. The first-order valence-corrected chi connectivity index (χ1v) is 8.64. The van der Waals surface area contributed by atoms with Crippen molar-refractivity contribution in [2.24, 2.45) is 5.73 Å². The van der Waals surface area contributed by atoms with Crippen molar-refractivity contribution in [3.63, 3.8) is 0 Å². The molecule has 0 radical (unpaired) electrons. The van der Waals surface area contributed by atoms with Gasteiger partial charge in [0.2, 0.25) is 10.0 Å². The van der Waals surface area contributed by atoms with Gasteiger partial charge in [-0.3, -0.25) is 0 Å². The van der Waals surface area contributed by atoms with E-state index in [0.29, 0.717) is 11.8 Å². The summed E-state index contributed by atoms with van der Waals surface area (Å²) in [6.45, 7) is 1.96. The lowest BCUT2D eigenvalue weighted by Gasteiger charge is -2.17. The van der Waals surface area contributed by atoms with Gasteiger partial charge in [-0.25, -0.2) is 13.1 Å². The van der Waals surface area contributed by atoms with Crippen LogP contribution in [0.1, 0.15) is 19.8 Å². The highest BCUT2D eigenvalue weighted by molar-refractivity contribution is 7.90. The molecular weight excluding hydrogens is 304 g/mol. The van der Waals surface area contributed by atoms with Gasteiger partial charge in [0.05, 0.1) is 15.9 Å². The Bertz CT molecular complexity index is 752. The van der Waals surface area contributed by atoms with E-state index in [0.717, 1.165) is 11.8 Å². The summed E-state index contributed by atoms with van der Waals surface area (Å²) in [4.78, 5) is 0.415. The van der Waals surface area contributed by atoms with Gasteiger partial charge in [0.25, 0.3) is 0 Å². The molecule has 4 nitrogen and oxygen atoms in total. The van der Waals surface area contributed by atoms with E-state index in [4.69, 9.17) is 18.0 Å². The van der Waals surface area contributed by atoms with E-state index in [1.54, 1.807) is 18.2 Å². The minimum atomic E-state index is -3.67. The molecule has 0 saturated heterocycles. The van der Waals surface area contributed by atoms with Crippen LogP contribution in [-0.2, 0) is 10.0 Å². The minimum Gasteiger partial charge on any atom is -0.392 e. The zero-order valence-electron chi connectivity index (χ0n) is 11.7. The first-order valence-electron chi connectivity index (χ1n) is 6.75. The molecule has 0 bridgehead atoms. The summed E-state index contributed by atoms with van der Waals surface area (Å²) in [6, 6.07) is 12.0. The molecule has 2 rings (SSSR count). The second kappa shape index (κ2) is 6.51. The molecule has 1 atom stereocenters. The highest BCUT2D eigenvalue weighted by atomic mass is 32.2. The van der Waals surface area contributed by atoms with E-state index >= 15 is 0 Å². The van der Waals surface area contributed by atoms with Crippen LogP contribution in [0.3, 0.4) is 0 Å². The molecule has 2 aromatic rings. The largest absolute Gasteiger partial charge is 0.392 e. The summed E-state index contributed by atoms with van der Waals surface area (Å²) in [6.07, 6.45) is 1.37. The maximum absolute atomic E-state index is 12.6. The highest BCUT2D eigenvalue weighted by Crippen LogP contribution is 2.23. The second-order valence-electron chi connectivity index (χ2n) is 4.84. The molecular formula is C15H18N2O2S2. The molecule has 0 amide bonds. The van der Waals surface area contributed by atoms with Gasteiger partial charge in [0, 0.05) is 5.39 Å². The van der Waals surface area contributed by atoms with Crippen molar-refractivity contribution in [3.8, 4) is 0 Å². The number of benzene rings is 2. The third-order valence-electron chi connectivity index (χ3n) is 3.26. The minimum absolute atomic E-state index is 0.167. The van der Waals surface area contributed by atoms with Crippen molar-refractivity contribution in [1.82, 2.24) is 4.72 Å². The fraction of sp³-hybridized carbons (Fsp3) is 0.267. The third kappa shape index (κ3) is 3.58. The summed E-state index contributed by atoms with van der Waals surface area (Å²) in [5.41, 5.74) is 5.63. The van der Waals surface area contributed by atoms with Gasteiger partial charge in [0.15, 0.2) is 0 Å². The van der Waals surface area contributed by atoms with Gasteiger partial charge >= 0.3 is 0 Å². The molecule has 0 aliphatic heterocycles. The molecule has 112 valence electrons. The van der Waals surface area contributed by atoms with Crippen LogP contribution < -0.4 is 10.5 Å². The number of hydrogen-bond donors (Lipinski definition) is 2. The monoisotopic (exact) mass is 322 g/mol. The normalized spacial score (nSPS) is 13.2. The highest BCUT2D eigenvalue weighted by Gasteiger charge is 2.22. The SMILES string of the molecule is CCCC(NS(=O)(=O)c1cccc2ccccc12)C(N)=S. The fourth-order valence-corrected chi connectivity index (χ4v) is 3.96. The van der Waals surface area contributed by atoms with Gasteiger partial charge in [-0.2, -0.15) is 0 Å². The lowest BCUT2D eigenvalue weighted by molar-refractivity contribution is 0.568. The zero-order chi connectivity index (χ0) is 15.5. The third-order valence-corrected chi connectivity index (χ3v) is 5.07. The van der Waals surface area contributed by atoms with Gasteiger partial charge in [-0.15, -0.1) is 0 Å². The van der Waals surface area contributed by atoms with Gasteiger partial charge < -0.3 is 5.73 Å². The van der Waals surface area contributed by atoms with Crippen LogP contribution in [0.4, 0.5) is 0 Å². The summed E-state index contributed by atoms with van der Waals surface area (Å²) in [5, 5.41) is 1.56. The number of nitrogens with one attached hydrogen (secondary N) is 1. The zero-order valence-corrected chi connectivity index (χ0v) is 13.4. The fourth-order valence-electron chi connectivity index (χ4n) is 2.23. The topological polar surface area (TPSA) is 72.2 Å². The van der Waals surface area contributed by atoms with Crippen LogP contribution in [0.5, 0.6) is 0 Å². The molecule has 21 heavy (non-hydrogen) atoms. The van der Waals surface area contributed by atoms with Gasteiger partial charge in [0.1, 0.15) is 0 Å². The number of nitrogens with two attached hydrogens (primary N) is 1. The molecule has 0 saturated carbocycles. The average molecular weight is 322 g/mol. The first kappa shape index (κ1) is 15.9. The van der Waals surface area contributed by atoms with Crippen LogP contribution in [-0.4, -0.2) is 19.4 Å². The molecule has 0 aromatic heterocycles. The summed E-state index contributed by atoms with van der Waals surface area (Å²) >= 11 is 4.95. The Balaban J connectivity index is 2.44. The Morgan fingerprint density at radius 2 is 1.90 bits per heavy atom. The predicted molar refractivity (Wildman–Crippen MR) is 89.8 cm³/mol. The maximum Gasteiger partial charge on any atom is 0.241 e. The second-order valence-corrected chi connectivity index (χ2v) is 7.00. The smallest absolute Gasteiger partial charge is 0.241 e. The lowest BCUT2D eigenvalue weighted by atomic mass is 10.1. The summed E-state index contributed by atoms with van der Waals surface area (Å²) in [7, 11) is -3.67. The Morgan fingerprint density at radius 3 is 2.57 bits per heavy atom. The van der Waals surface area contributed by atoms with E-state index in [2.05, 4.69) is 4.72 Å². The van der Waals surface area contributed by atoms with Crippen molar-refractivity contribution in [2.45, 2.75) is 30.7 Å².